The van der Waals surface area contributed by atoms with E-state index in [1.54, 1.807) is 0 Å². The summed E-state index contributed by atoms with van der Waals surface area (Å²) in [5, 5.41) is 29.3. The van der Waals surface area contributed by atoms with Crippen LogP contribution in [0, 0.1) is 0 Å². The van der Waals surface area contributed by atoms with Crippen molar-refractivity contribution >= 4 is 25.7 Å². The number of allylic oxidation sites excluding steroid dienone is 9. The number of aliphatic carboxylic acids is 1. The lowest BCUT2D eigenvalue weighted by Gasteiger charge is -2.20. The van der Waals surface area contributed by atoms with Crippen molar-refractivity contribution in [2.75, 3.05) is 19.8 Å². The molecule has 13 nitrogen and oxygen atoms in total. The van der Waals surface area contributed by atoms with Crippen LogP contribution in [-0.4, -0.2) is 82.3 Å². The number of hydrogen-bond donors (Lipinski definition) is 5. The SMILES string of the molecule is CC/C=C\C/C=C\C/C=C\C/C=C\CCCCCCC(=O)OC[C@H](COP(=O)(O)OC[C@H](N)C(=O)O)OC(=O)CCCCCCC[C@H](O)[C@@H](O)C/C=C\CCCCC. The topological polar surface area (TPSA) is 212 Å². The number of nitrogens with two attached hydrogens (primary N) is 1. The average molecular weight is 842 g/mol. The van der Waals surface area contributed by atoms with Crippen LogP contribution >= 0.6 is 7.82 Å². The lowest BCUT2D eigenvalue weighted by atomic mass is 10.0. The van der Waals surface area contributed by atoms with E-state index in [9.17, 15) is 34.1 Å². The first-order valence-corrected chi connectivity index (χ1v) is 23.0. The van der Waals surface area contributed by atoms with Gasteiger partial charge in [0.25, 0.3) is 0 Å². The second-order valence-electron chi connectivity index (χ2n) is 14.4. The van der Waals surface area contributed by atoms with E-state index in [0.717, 1.165) is 96.3 Å². The molecule has 0 amide bonds. The lowest BCUT2D eigenvalue weighted by molar-refractivity contribution is -0.161. The number of carbonyl (C=O) groups excluding carboxylic acids is 2. The lowest BCUT2D eigenvalue weighted by Crippen LogP contribution is -2.34. The molecular formula is C44H76NO12P. The Morgan fingerprint density at radius 1 is 0.621 bits per heavy atom. The van der Waals surface area contributed by atoms with Crippen molar-refractivity contribution in [1.29, 1.82) is 0 Å². The number of carboxylic acids is 1. The highest BCUT2D eigenvalue weighted by Crippen LogP contribution is 2.43. The highest BCUT2D eigenvalue weighted by Gasteiger charge is 2.28. The highest BCUT2D eigenvalue weighted by atomic mass is 31.2. The molecule has 14 heteroatoms. The van der Waals surface area contributed by atoms with Crippen molar-refractivity contribution in [1.82, 2.24) is 0 Å². The van der Waals surface area contributed by atoms with Crippen LogP contribution in [-0.2, 0) is 37.5 Å². The molecule has 6 N–H and O–H groups in total. The molecule has 0 aromatic rings. The Labute approximate surface area is 348 Å². The van der Waals surface area contributed by atoms with Crippen LogP contribution < -0.4 is 5.73 Å². The molecule has 0 aliphatic rings. The molecule has 0 spiro atoms. The number of carbonyl (C=O) groups is 3. The summed E-state index contributed by atoms with van der Waals surface area (Å²) in [5.74, 6) is -2.55. The fraction of sp³-hybridized carbons (Fsp3) is 0.705. The second-order valence-corrected chi connectivity index (χ2v) is 15.9. The number of aliphatic hydroxyl groups is 2. The Morgan fingerprint density at radius 2 is 1.14 bits per heavy atom. The van der Waals surface area contributed by atoms with Gasteiger partial charge in [-0.05, 0) is 77.0 Å². The van der Waals surface area contributed by atoms with E-state index in [2.05, 4.69) is 73.1 Å². The third-order valence-corrected chi connectivity index (χ3v) is 9.90. The number of hydrogen-bond acceptors (Lipinski definition) is 11. The van der Waals surface area contributed by atoms with Crippen LogP contribution in [0.25, 0.3) is 0 Å². The van der Waals surface area contributed by atoms with Gasteiger partial charge >= 0.3 is 25.7 Å². The fourth-order valence-electron chi connectivity index (χ4n) is 5.43. The zero-order chi connectivity index (χ0) is 43.1. The van der Waals surface area contributed by atoms with Gasteiger partial charge in [-0.25, -0.2) is 4.57 Å². The molecule has 0 radical (unpaired) electrons. The van der Waals surface area contributed by atoms with E-state index in [4.69, 9.17) is 24.8 Å². The number of aliphatic hydroxyl groups excluding tert-OH is 2. The van der Waals surface area contributed by atoms with Crippen molar-refractivity contribution in [3.63, 3.8) is 0 Å². The van der Waals surface area contributed by atoms with Gasteiger partial charge in [-0.1, -0.05) is 126 Å². The molecule has 0 aromatic carbocycles. The van der Waals surface area contributed by atoms with E-state index in [-0.39, 0.29) is 12.8 Å². The summed E-state index contributed by atoms with van der Waals surface area (Å²) >= 11 is 0. The number of unbranched alkanes of at least 4 members (excludes halogenated alkanes) is 11. The molecule has 5 atom stereocenters. The van der Waals surface area contributed by atoms with E-state index in [1.165, 1.54) is 6.42 Å². The normalized spacial score (nSPS) is 15.4. The first kappa shape index (κ1) is 55.1. The van der Waals surface area contributed by atoms with E-state index in [0.29, 0.717) is 25.7 Å². The van der Waals surface area contributed by atoms with Gasteiger partial charge in [-0.2, -0.15) is 0 Å². The van der Waals surface area contributed by atoms with Crippen molar-refractivity contribution in [3.05, 3.63) is 60.8 Å². The molecule has 0 fully saturated rings. The van der Waals surface area contributed by atoms with Gasteiger partial charge in [0, 0.05) is 12.8 Å². The van der Waals surface area contributed by atoms with Gasteiger partial charge in [0.15, 0.2) is 6.10 Å². The summed E-state index contributed by atoms with van der Waals surface area (Å²) in [4.78, 5) is 46.0. The van der Waals surface area contributed by atoms with Gasteiger partial charge in [-0.15, -0.1) is 0 Å². The first-order chi connectivity index (χ1) is 27.9. The predicted octanol–water partition coefficient (Wildman–Crippen LogP) is 9.11. The molecule has 58 heavy (non-hydrogen) atoms. The molecular weight excluding hydrogens is 765 g/mol. The van der Waals surface area contributed by atoms with Crippen LogP contribution in [0.4, 0.5) is 0 Å². The number of carboxylic acid groups (broad SMARTS) is 1. The average Bonchev–Trinajstić information content (AvgIpc) is 3.19. The summed E-state index contributed by atoms with van der Waals surface area (Å²) in [6.45, 7) is 2.43. The zero-order valence-electron chi connectivity index (χ0n) is 35.3. The minimum Gasteiger partial charge on any atom is -0.480 e. The fourth-order valence-corrected chi connectivity index (χ4v) is 6.21. The van der Waals surface area contributed by atoms with Crippen molar-refractivity contribution in [3.8, 4) is 0 Å². The summed E-state index contributed by atoms with van der Waals surface area (Å²) in [6.07, 6.45) is 35.9. The second kappa shape index (κ2) is 38.3. The Balaban J connectivity index is 4.54. The van der Waals surface area contributed by atoms with Crippen LogP contribution in [0.15, 0.2) is 60.8 Å². The summed E-state index contributed by atoms with van der Waals surface area (Å²) in [6, 6.07) is -1.55. The molecule has 0 aliphatic heterocycles. The van der Waals surface area contributed by atoms with E-state index >= 15 is 0 Å². The molecule has 334 valence electrons. The minimum atomic E-state index is -4.77. The molecule has 0 heterocycles. The van der Waals surface area contributed by atoms with E-state index < -0.39 is 69.9 Å². The van der Waals surface area contributed by atoms with Gasteiger partial charge in [0.2, 0.25) is 0 Å². The third kappa shape index (κ3) is 36.2. The number of rotatable bonds is 39. The number of ether oxygens (including phenoxy) is 2. The minimum absolute atomic E-state index is 0.0536. The quantitative estimate of drug-likeness (QED) is 0.0169. The number of phosphoric ester groups is 1. The first-order valence-electron chi connectivity index (χ1n) is 21.5. The van der Waals surface area contributed by atoms with Crippen LogP contribution in [0.3, 0.4) is 0 Å². The molecule has 0 saturated carbocycles. The monoisotopic (exact) mass is 842 g/mol. The Kier molecular flexibility index (Phi) is 36.4. The van der Waals surface area contributed by atoms with Gasteiger partial charge in [0.05, 0.1) is 25.4 Å². The predicted molar refractivity (Wildman–Crippen MR) is 229 cm³/mol. The molecule has 1 unspecified atom stereocenters. The number of esters is 2. The van der Waals surface area contributed by atoms with Crippen LogP contribution in [0.2, 0.25) is 0 Å². The molecule has 0 rings (SSSR count). The maximum atomic E-state index is 12.6. The largest absolute Gasteiger partial charge is 0.480 e. The van der Waals surface area contributed by atoms with E-state index in [1.807, 2.05) is 6.08 Å². The maximum absolute atomic E-state index is 12.6. The van der Waals surface area contributed by atoms with Crippen molar-refractivity contribution in [2.24, 2.45) is 5.73 Å². The molecule has 0 aliphatic carbocycles. The third-order valence-electron chi connectivity index (χ3n) is 8.95. The Bertz CT molecular complexity index is 1250. The maximum Gasteiger partial charge on any atom is 0.472 e. The number of phosphoric acid groups is 1. The molecule has 0 bridgehead atoms. The summed E-state index contributed by atoms with van der Waals surface area (Å²) < 4.78 is 32.6. The smallest absolute Gasteiger partial charge is 0.472 e. The molecule has 0 aromatic heterocycles. The summed E-state index contributed by atoms with van der Waals surface area (Å²) in [7, 11) is -4.77. The summed E-state index contributed by atoms with van der Waals surface area (Å²) in [5.41, 5.74) is 5.32. The van der Waals surface area contributed by atoms with Gasteiger partial charge in [-0.3, -0.25) is 23.4 Å². The van der Waals surface area contributed by atoms with Crippen LogP contribution in [0.5, 0.6) is 0 Å². The van der Waals surface area contributed by atoms with Gasteiger partial charge in [0.1, 0.15) is 12.6 Å². The zero-order valence-corrected chi connectivity index (χ0v) is 36.2. The van der Waals surface area contributed by atoms with Gasteiger partial charge < -0.3 is 35.4 Å². The Morgan fingerprint density at radius 3 is 1.76 bits per heavy atom. The standard InChI is InChI=1S/C44H76NO12P/c1-3-5-7-9-11-12-13-14-15-16-17-18-19-20-21-25-29-33-42(48)54-35-38(36-55-58(52,53)56-37-39(45)44(50)51)57-43(49)34-30-26-22-24-28-32-41(47)40(46)31-27-23-10-8-6-4-2/h5,7,11-12,14-15,17-18,23,27,38-41,46-47H,3-4,6,8-10,13,16,19-22,24-26,28-37,45H2,1-2H3,(H,50,51)(H,52,53)/b7-5-,12-11-,15-14-,18-17-,27-23-/t38-,39+,40+,41+/m1/s1. The van der Waals surface area contributed by atoms with Crippen molar-refractivity contribution < 1.29 is 57.7 Å². The van der Waals surface area contributed by atoms with Crippen molar-refractivity contribution in [2.45, 2.75) is 179 Å². The van der Waals surface area contributed by atoms with Crippen LogP contribution in [0.1, 0.15) is 155 Å². The Hall–Kier alpha value is -2.90. The highest BCUT2D eigenvalue weighted by molar-refractivity contribution is 7.47. The molecule has 0 saturated heterocycles.